The third-order valence-electron chi connectivity index (χ3n) is 3.63. The summed E-state index contributed by atoms with van der Waals surface area (Å²) in [6.07, 6.45) is 0.144. The van der Waals surface area contributed by atoms with Crippen molar-refractivity contribution in [3.8, 4) is 0 Å². The number of ether oxygens (including phenoxy) is 2. The average Bonchev–Trinajstić information content (AvgIpc) is 2.82. The van der Waals surface area contributed by atoms with E-state index < -0.39 is 6.09 Å². The Kier molecular flexibility index (Phi) is 6.10. The molecule has 0 radical (unpaired) electrons. The Morgan fingerprint density at radius 2 is 2.12 bits per heavy atom. The number of carbonyl (C=O) groups is 2. The van der Waals surface area contributed by atoms with Crippen LogP contribution in [0.2, 0.25) is 0 Å². The first-order valence-electron chi connectivity index (χ1n) is 7.58. The van der Waals surface area contributed by atoms with Crippen molar-refractivity contribution in [1.82, 2.24) is 5.32 Å². The summed E-state index contributed by atoms with van der Waals surface area (Å²) in [5.74, 6) is 0.0259. The molecule has 2 N–H and O–H groups in total. The molecule has 7 nitrogen and oxygen atoms in total. The summed E-state index contributed by atoms with van der Waals surface area (Å²) < 4.78 is 9.66. The lowest BCUT2D eigenvalue weighted by atomic mass is 10.1. The highest BCUT2D eigenvalue weighted by Gasteiger charge is 2.28. The Labute approximate surface area is 146 Å². The molecule has 0 bridgehead atoms. The predicted octanol–water partition coefficient (Wildman–Crippen LogP) is 2.05. The van der Waals surface area contributed by atoms with E-state index >= 15 is 0 Å². The van der Waals surface area contributed by atoms with Gasteiger partial charge in [-0.1, -0.05) is 0 Å². The van der Waals surface area contributed by atoms with E-state index in [1.165, 1.54) is 7.11 Å². The molecule has 0 spiro atoms. The number of anilines is 2. The summed E-state index contributed by atoms with van der Waals surface area (Å²) in [7, 11) is 1.52. The van der Waals surface area contributed by atoms with Gasteiger partial charge in [0.2, 0.25) is 5.91 Å². The monoisotopic (exact) mass is 351 g/mol. The van der Waals surface area contributed by atoms with Crippen molar-refractivity contribution in [2.75, 3.05) is 30.5 Å². The maximum absolute atomic E-state index is 11.7. The van der Waals surface area contributed by atoms with Crippen molar-refractivity contribution < 1.29 is 19.1 Å². The number of methoxy groups -OCH3 is 1. The van der Waals surface area contributed by atoms with Crippen molar-refractivity contribution in [2.45, 2.75) is 26.3 Å². The van der Waals surface area contributed by atoms with Gasteiger partial charge in [-0.2, -0.15) is 0 Å². The fourth-order valence-electron chi connectivity index (χ4n) is 2.70. The van der Waals surface area contributed by atoms with Gasteiger partial charge in [0.25, 0.3) is 0 Å². The first-order chi connectivity index (χ1) is 11.4. The number of alkyl carbamates (subject to hydrolysis) is 1. The van der Waals surface area contributed by atoms with Crippen LogP contribution in [-0.4, -0.2) is 43.5 Å². The van der Waals surface area contributed by atoms with Crippen LogP contribution in [0.4, 0.5) is 16.2 Å². The number of rotatable bonds is 4. The quantitative estimate of drug-likeness (QED) is 0.638. The van der Waals surface area contributed by atoms with E-state index in [1.54, 1.807) is 11.8 Å². The van der Waals surface area contributed by atoms with Crippen LogP contribution in [-0.2, 0) is 20.7 Å². The van der Waals surface area contributed by atoms with Crippen LogP contribution in [0.15, 0.2) is 18.2 Å². The van der Waals surface area contributed by atoms with Crippen LogP contribution in [0.1, 0.15) is 19.4 Å². The maximum Gasteiger partial charge on any atom is 0.413 e. The normalized spacial score (nSPS) is 15.6. The zero-order chi connectivity index (χ0) is 17.7. The first kappa shape index (κ1) is 18.2. The van der Waals surface area contributed by atoms with E-state index in [4.69, 9.17) is 21.7 Å². The molecule has 0 aliphatic carbocycles. The topological polar surface area (TPSA) is 79.9 Å². The van der Waals surface area contributed by atoms with Gasteiger partial charge in [0.1, 0.15) is 6.61 Å². The number of hydrogen-bond donors (Lipinski definition) is 2. The van der Waals surface area contributed by atoms with Crippen LogP contribution < -0.4 is 15.5 Å². The molecule has 1 unspecified atom stereocenters. The summed E-state index contributed by atoms with van der Waals surface area (Å²) in [6.45, 7) is 4.05. The smallest absolute Gasteiger partial charge is 0.413 e. The van der Waals surface area contributed by atoms with Crippen LogP contribution in [0.25, 0.3) is 0 Å². The minimum atomic E-state index is -0.637. The molecular formula is C16H21N3O4S. The van der Waals surface area contributed by atoms with Crippen molar-refractivity contribution in [1.29, 1.82) is 0 Å². The number of nitrogens with zero attached hydrogens (tertiary/aromatic N) is 1. The first-order valence-corrected chi connectivity index (χ1v) is 7.99. The lowest BCUT2D eigenvalue weighted by Crippen LogP contribution is -2.35. The number of hydrogen-bond acceptors (Lipinski definition) is 5. The van der Waals surface area contributed by atoms with E-state index in [0.29, 0.717) is 6.61 Å². The summed E-state index contributed by atoms with van der Waals surface area (Å²) in [5, 5.41) is 5.51. The summed E-state index contributed by atoms with van der Waals surface area (Å²) >= 11 is 5.09. The highest BCUT2D eigenvalue weighted by atomic mass is 32.1. The Bertz CT molecular complexity index is 650. The molecule has 0 aromatic heterocycles. The number of carbonyl (C=O) groups excluding carboxylic acids is 2. The molecule has 1 heterocycles. The largest absolute Gasteiger partial charge is 0.447 e. The third kappa shape index (κ3) is 4.42. The molecule has 0 fully saturated rings. The second-order valence-corrected chi connectivity index (χ2v) is 5.90. The maximum atomic E-state index is 11.7. The average molecular weight is 351 g/mol. The molecule has 1 aliphatic heterocycles. The molecule has 1 aromatic carbocycles. The molecule has 24 heavy (non-hydrogen) atoms. The van der Waals surface area contributed by atoms with Gasteiger partial charge in [-0.25, -0.2) is 4.79 Å². The highest BCUT2D eigenvalue weighted by molar-refractivity contribution is 7.80. The number of fused-ring (bicyclic) bond motifs is 1. The second-order valence-electron chi connectivity index (χ2n) is 5.49. The van der Waals surface area contributed by atoms with E-state index in [-0.39, 0.29) is 23.7 Å². The fraction of sp³-hybridized carbons (Fsp3) is 0.438. The summed E-state index contributed by atoms with van der Waals surface area (Å²) in [6, 6.07) is 5.76. The van der Waals surface area contributed by atoms with E-state index in [9.17, 15) is 9.59 Å². The molecule has 0 saturated carbocycles. The van der Waals surface area contributed by atoms with Crippen LogP contribution in [0.5, 0.6) is 0 Å². The Balaban J connectivity index is 1.95. The molecule has 0 saturated heterocycles. The van der Waals surface area contributed by atoms with Crippen molar-refractivity contribution in [3.05, 3.63) is 23.8 Å². The van der Waals surface area contributed by atoms with Gasteiger partial charge >= 0.3 is 6.09 Å². The molecule has 1 aromatic rings. The minimum Gasteiger partial charge on any atom is -0.447 e. The SMILES string of the molecule is COCCOC(=O)NC(=S)Nc1ccc2c(c1)CC(C)N2C(C)=O. The Morgan fingerprint density at radius 1 is 1.38 bits per heavy atom. The van der Waals surface area contributed by atoms with Gasteiger partial charge in [-0.15, -0.1) is 0 Å². The summed E-state index contributed by atoms with van der Waals surface area (Å²) in [4.78, 5) is 25.0. The van der Waals surface area contributed by atoms with Gasteiger partial charge < -0.3 is 19.7 Å². The van der Waals surface area contributed by atoms with Crippen molar-refractivity contribution in [3.63, 3.8) is 0 Å². The van der Waals surface area contributed by atoms with E-state index in [2.05, 4.69) is 10.6 Å². The number of benzene rings is 1. The van der Waals surface area contributed by atoms with Crippen LogP contribution >= 0.6 is 12.2 Å². The third-order valence-corrected chi connectivity index (χ3v) is 3.83. The van der Waals surface area contributed by atoms with Gasteiger partial charge in [-0.3, -0.25) is 10.1 Å². The lowest BCUT2D eigenvalue weighted by Gasteiger charge is -2.20. The van der Waals surface area contributed by atoms with Gasteiger partial charge in [0.15, 0.2) is 5.11 Å². The minimum absolute atomic E-state index is 0.0259. The predicted molar refractivity (Wildman–Crippen MR) is 95.3 cm³/mol. The number of nitrogens with one attached hydrogen (secondary N) is 2. The van der Waals surface area contributed by atoms with Gasteiger partial charge in [0, 0.05) is 31.5 Å². The Morgan fingerprint density at radius 3 is 2.79 bits per heavy atom. The van der Waals surface area contributed by atoms with Gasteiger partial charge in [-0.05, 0) is 49.3 Å². The van der Waals surface area contributed by atoms with E-state index in [1.807, 2.05) is 25.1 Å². The fourth-order valence-corrected chi connectivity index (χ4v) is 2.90. The number of thiocarbonyl (C=S) groups is 1. The molecule has 130 valence electrons. The molecule has 1 aliphatic rings. The van der Waals surface area contributed by atoms with Crippen molar-refractivity contribution in [2.24, 2.45) is 0 Å². The zero-order valence-electron chi connectivity index (χ0n) is 13.9. The van der Waals surface area contributed by atoms with Crippen LogP contribution in [0.3, 0.4) is 0 Å². The standard InChI is InChI=1S/C16H21N3O4S/c1-10-8-12-9-13(4-5-14(12)19(10)11(2)20)17-15(24)18-16(21)23-7-6-22-3/h4-5,9-10H,6-8H2,1-3H3,(H2,17,18,21,24). The lowest BCUT2D eigenvalue weighted by molar-refractivity contribution is -0.116. The second kappa shape index (κ2) is 8.07. The molecular weight excluding hydrogens is 330 g/mol. The molecule has 1 atom stereocenters. The summed E-state index contributed by atoms with van der Waals surface area (Å²) in [5.41, 5.74) is 2.72. The molecule has 2 amide bonds. The zero-order valence-corrected chi connectivity index (χ0v) is 14.7. The van der Waals surface area contributed by atoms with E-state index in [0.717, 1.165) is 23.4 Å². The van der Waals surface area contributed by atoms with Gasteiger partial charge in [0.05, 0.1) is 6.61 Å². The van der Waals surface area contributed by atoms with Crippen LogP contribution in [0, 0.1) is 0 Å². The van der Waals surface area contributed by atoms with Crippen molar-refractivity contribution >= 4 is 40.7 Å². The molecule has 8 heteroatoms. The Hall–Kier alpha value is -2.19. The highest BCUT2D eigenvalue weighted by Crippen LogP contribution is 2.34. The molecule has 2 rings (SSSR count). The number of amides is 2.